The molecule has 0 heterocycles. The van der Waals surface area contributed by atoms with Crippen LogP contribution in [-0.2, 0) is 0 Å². The van der Waals surface area contributed by atoms with Gasteiger partial charge in [0, 0.05) is 0 Å². The zero-order valence-corrected chi connectivity index (χ0v) is 7.45. The Morgan fingerprint density at radius 2 is 1.00 bits per heavy atom. The molecule has 0 nitrogen and oxygen atoms in total. The molecule has 0 amide bonds. The van der Waals surface area contributed by atoms with Gasteiger partial charge in [-0.15, -0.1) is 0 Å². The first kappa shape index (κ1) is 16.4. The maximum Gasteiger partial charge on any atom is 0.433 e. The van der Waals surface area contributed by atoms with Crippen LogP contribution in [0, 0.1) is 0 Å². The normalized spacial score (nSPS) is 14.8. The summed E-state index contributed by atoms with van der Waals surface area (Å²) in [7, 11) is 0. The third kappa shape index (κ3) is 10.1. The summed E-state index contributed by atoms with van der Waals surface area (Å²) in [5.74, 6) is 0. The Morgan fingerprint density at radius 3 is 1.00 bits per heavy atom. The Kier molecular flexibility index (Phi) is 6.81. The van der Waals surface area contributed by atoms with Gasteiger partial charge in [0.2, 0.25) is 0 Å². The first-order valence-corrected chi connectivity index (χ1v) is 3.40. The second-order valence-corrected chi connectivity index (χ2v) is 2.57. The molecule has 0 fully saturated rings. The van der Waals surface area contributed by atoms with Crippen molar-refractivity contribution in [2.75, 3.05) is 0 Å². The fourth-order valence-electron chi connectivity index (χ4n) is 0. The predicted molar refractivity (Wildman–Crippen MR) is 33.6 cm³/mol. The topological polar surface area (TPSA) is 0 Å². The molecule has 10 heteroatoms. The predicted octanol–water partition coefficient (Wildman–Crippen LogP) is 4.17. The summed E-state index contributed by atoms with van der Waals surface area (Å²) in [4.78, 5) is 0. The van der Waals surface area contributed by atoms with E-state index in [0.717, 1.165) is 0 Å². The van der Waals surface area contributed by atoms with Gasteiger partial charge in [0.25, 0.3) is 5.63 Å². The van der Waals surface area contributed by atoms with Crippen LogP contribution in [0.3, 0.4) is 0 Å². The summed E-state index contributed by atoms with van der Waals surface area (Å²) in [5, 5.41) is -4.36. The monoisotopic (exact) mass is 272 g/mol. The van der Waals surface area contributed by atoms with Crippen LogP contribution < -0.4 is 0 Å². The van der Waals surface area contributed by atoms with E-state index in [2.05, 4.69) is 23.2 Å². The van der Waals surface area contributed by atoms with Crippen molar-refractivity contribution < 1.29 is 35.1 Å². The van der Waals surface area contributed by atoms with Gasteiger partial charge < -0.3 is 0 Å². The standard InChI is InChI=1S/2C2HClF4/c3-2(6,7)1(4)5;3-1(4)2(5,6)7/h2*1H. The molecule has 1 atom stereocenters. The van der Waals surface area contributed by atoms with Crippen LogP contribution in [-0.4, -0.2) is 23.6 Å². The van der Waals surface area contributed by atoms with Gasteiger partial charge in [-0.3, -0.25) is 0 Å². The Morgan fingerprint density at radius 1 is 0.857 bits per heavy atom. The lowest BCUT2D eigenvalue weighted by molar-refractivity contribution is -0.156. The molecule has 0 aromatic heterocycles. The van der Waals surface area contributed by atoms with Crippen molar-refractivity contribution in [3.05, 3.63) is 0 Å². The smallest absolute Gasteiger partial charge is 0.220 e. The fourth-order valence-corrected chi connectivity index (χ4v) is 0. The van der Waals surface area contributed by atoms with Crippen LogP contribution in [0.25, 0.3) is 0 Å². The van der Waals surface area contributed by atoms with Crippen molar-refractivity contribution in [1.82, 2.24) is 0 Å². The van der Waals surface area contributed by atoms with E-state index in [1.807, 2.05) is 0 Å². The molecule has 0 saturated carbocycles. The molecular formula is C4H2Cl2F8. The Hall–Kier alpha value is 0.0200. The van der Waals surface area contributed by atoms with E-state index in [1.165, 1.54) is 0 Å². The Labute approximate surface area is 82.8 Å². The SMILES string of the molecule is FC(Cl)C(F)(F)F.FC(F)C(F)(F)Cl. The third-order valence-corrected chi connectivity index (χ3v) is 0.907. The van der Waals surface area contributed by atoms with Crippen molar-refractivity contribution >= 4 is 23.2 Å². The van der Waals surface area contributed by atoms with E-state index >= 15 is 0 Å². The first-order valence-electron chi connectivity index (χ1n) is 2.58. The number of halogens is 10. The third-order valence-electron chi connectivity index (χ3n) is 0.495. The van der Waals surface area contributed by atoms with Crippen LogP contribution in [0.2, 0.25) is 0 Å². The summed E-state index contributed by atoms with van der Waals surface area (Å²) in [6.07, 6.45) is -8.67. The molecule has 0 aromatic rings. The quantitative estimate of drug-likeness (QED) is 0.497. The Balaban J connectivity index is 0. The average molecular weight is 273 g/mol. The maximum atomic E-state index is 10.9. The van der Waals surface area contributed by atoms with Gasteiger partial charge in [0.1, 0.15) is 0 Å². The van der Waals surface area contributed by atoms with E-state index in [0.29, 0.717) is 0 Å². The van der Waals surface area contributed by atoms with Crippen LogP contribution in [0.1, 0.15) is 0 Å². The largest absolute Gasteiger partial charge is 0.433 e. The van der Waals surface area contributed by atoms with Crippen molar-refractivity contribution in [3.63, 3.8) is 0 Å². The second-order valence-electron chi connectivity index (χ2n) is 1.68. The molecular weight excluding hydrogens is 271 g/mol. The van der Waals surface area contributed by atoms with Gasteiger partial charge >= 0.3 is 18.0 Å². The summed E-state index contributed by atoms with van der Waals surface area (Å²) >= 11 is 7.75. The van der Waals surface area contributed by atoms with E-state index in [1.54, 1.807) is 0 Å². The van der Waals surface area contributed by atoms with E-state index < -0.39 is 23.6 Å². The summed E-state index contributed by atoms with van der Waals surface area (Å²) in [6, 6.07) is 0. The molecule has 0 aromatic carbocycles. The number of rotatable bonds is 1. The molecule has 1 unspecified atom stereocenters. The highest BCUT2D eigenvalue weighted by molar-refractivity contribution is 6.22. The summed E-state index contributed by atoms with van der Waals surface area (Å²) < 4.78 is 85.9. The van der Waals surface area contributed by atoms with Crippen molar-refractivity contribution in [3.8, 4) is 0 Å². The molecule has 0 aliphatic rings. The van der Waals surface area contributed by atoms with Gasteiger partial charge in [-0.2, -0.15) is 22.0 Å². The molecule has 0 saturated heterocycles. The lowest BCUT2D eigenvalue weighted by Crippen LogP contribution is -2.17. The lowest BCUT2D eigenvalue weighted by Gasteiger charge is -2.02. The summed E-state index contributed by atoms with van der Waals surface area (Å²) in [5.41, 5.74) is -3.23. The Bertz CT molecular complexity index is 128. The van der Waals surface area contributed by atoms with E-state index in [-0.39, 0.29) is 0 Å². The highest BCUT2D eigenvalue weighted by atomic mass is 35.5. The van der Waals surface area contributed by atoms with Gasteiger partial charge in [-0.1, -0.05) is 11.6 Å². The molecule has 14 heavy (non-hydrogen) atoms. The molecule has 0 aliphatic heterocycles. The minimum Gasteiger partial charge on any atom is -0.220 e. The minimum absolute atomic E-state index is 3.23. The average Bonchev–Trinajstić information content (AvgIpc) is 1.83. The van der Waals surface area contributed by atoms with Gasteiger partial charge in [-0.25, -0.2) is 13.2 Å². The maximum absolute atomic E-state index is 10.9. The summed E-state index contributed by atoms with van der Waals surface area (Å²) in [6.45, 7) is 0. The molecule has 0 aliphatic carbocycles. The number of hydrogen-bond donors (Lipinski definition) is 0. The molecule has 0 radical (unpaired) electrons. The highest BCUT2D eigenvalue weighted by Crippen LogP contribution is 2.26. The van der Waals surface area contributed by atoms with Crippen LogP contribution in [0.5, 0.6) is 0 Å². The fraction of sp³-hybridized carbons (Fsp3) is 1.00. The molecule has 0 bridgehead atoms. The van der Waals surface area contributed by atoms with Crippen LogP contribution in [0.15, 0.2) is 0 Å². The van der Waals surface area contributed by atoms with Crippen molar-refractivity contribution in [2.45, 2.75) is 23.6 Å². The minimum atomic E-state index is -4.90. The van der Waals surface area contributed by atoms with E-state index in [4.69, 9.17) is 0 Å². The molecule has 0 rings (SSSR count). The van der Waals surface area contributed by atoms with E-state index in [9.17, 15) is 35.1 Å². The van der Waals surface area contributed by atoms with Gasteiger partial charge in [0.05, 0.1) is 0 Å². The molecule has 0 spiro atoms. The number of hydrogen-bond acceptors (Lipinski definition) is 0. The van der Waals surface area contributed by atoms with Crippen molar-refractivity contribution in [1.29, 1.82) is 0 Å². The van der Waals surface area contributed by atoms with Crippen LogP contribution >= 0.6 is 23.2 Å². The van der Waals surface area contributed by atoms with Crippen LogP contribution in [0.4, 0.5) is 35.1 Å². The van der Waals surface area contributed by atoms with Crippen molar-refractivity contribution in [2.24, 2.45) is 0 Å². The highest BCUT2D eigenvalue weighted by Gasteiger charge is 2.38. The zero-order chi connectivity index (χ0) is 12.2. The van der Waals surface area contributed by atoms with Gasteiger partial charge in [0.15, 0.2) is 0 Å². The van der Waals surface area contributed by atoms with Gasteiger partial charge in [-0.05, 0) is 11.6 Å². The number of alkyl halides is 10. The zero-order valence-electron chi connectivity index (χ0n) is 5.93. The molecule has 0 N–H and O–H groups in total. The molecule has 88 valence electrons. The second kappa shape index (κ2) is 5.79. The first-order chi connectivity index (χ1) is 5.89. The lowest BCUT2D eigenvalue weighted by atomic mass is 10.7.